The van der Waals surface area contributed by atoms with E-state index in [1.807, 2.05) is 30.3 Å². The maximum Gasteiger partial charge on any atom is 0.411 e. The smallest absolute Gasteiger partial charge is 0.411 e. The summed E-state index contributed by atoms with van der Waals surface area (Å²) in [4.78, 5) is 37.0. The van der Waals surface area contributed by atoms with Gasteiger partial charge in [-0.15, -0.1) is 0 Å². The third kappa shape index (κ3) is 6.47. The Labute approximate surface area is 158 Å². The Balaban J connectivity index is 1.93. The molecule has 0 spiro atoms. The first-order chi connectivity index (χ1) is 12.7. The van der Waals surface area contributed by atoms with Crippen molar-refractivity contribution in [3.8, 4) is 0 Å². The molecule has 0 radical (unpaired) electrons. The van der Waals surface area contributed by atoms with Gasteiger partial charge in [-0.1, -0.05) is 30.3 Å². The number of rotatable bonds is 4. The van der Waals surface area contributed by atoms with E-state index in [2.05, 4.69) is 5.32 Å². The van der Waals surface area contributed by atoms with Crippen LogP contribution in [0.5, 0.6) is 0 Å². The molecule has 148 valence electrons. The minimum Gasteiger partial charge on any atom is -0.480 e. The first kappa shape index (κ1) is 20.5. The number of aliphatic carboxylic acids is 1. The molecular weight excluding hydrogens is 352 g/mol. The molecule has 1 aromatic rings. The second-order valence-corrected chi connectivity index (χ2v) is 7.47. The van der Waals surface area contributed by atoms with E-state index in [4.69, 9.17) is 9.47 Å². The Morgan fingerprint density at radius 1 is 1.19 bits per heavy atom. The van der Waals surface area contributed by atoms with Gasteiger partial charge in [-0.3, -0.25) is 4.90 Å². The average Bonchev–Trinajstić information content (AvgIpc) is 2.59. The molecular formula is C19H26N2O6. The third-order valence-electron chi connectivity index (χ3n) is 4.03. The van der Waals surface area contributed by atoms with Crippen LogP contribution in [0, 0.1) is 0 Å². The molecule has 8 heteroatoms. The van der Waals surface area contributed by atoms with E-state index in [1.54, 1.807) is 20.8 Å². The van der Waals surface area contributed by atoms with Gasteiger partial charge in [0.25, 0.3) is 0 Å². The fourth-order valence-electron chi connectivity index (χ4n) is 2.80. The number of carboxylic acids is 1. The van der Waals surface area contributed by atoms with Crippen molar-refractivity contribution in [2.24, 2.45) is 0 Å². The van der Waals surface area contributed by atoms with Crippen LogP contribution >= 0.6 is 0 Å². The lowest BCUT2D eigenvalue weighted by Gasteiger charge is -2.38. The Morgan fingerprint density at radius 3 is 2.44 bits per heavy atom. The Kier molecular flexibility index (Phi) is 6.65. The molecule has 1 aromatic carbocycles. The lowest BCUT2D eigenvalue weighted by molar-refractivity contribution is -0.144. The molecule has 1 saturated heterocycles. The number of likely N-dealkylation sites (tertiary alicyclic amines) is 1. The van der Waals surface area contributed by atoms with Gasteiger partial charge in [0, 0.05) is 6.54 Å². The quantitative estimate of drug-likeness (QED) is 0.835. The van der Waals surface area contributed by atoms with E-state index < -0.39 is 35.8 Å². The number of benzene rings is 1. The van der Waals surface area contributed by atoms with Gasteiger partial charge in [0.15, 0.2) is 0 Å². The molecule has 2 amide bonds. The highest BCUT2D eigenvalue weighted by Gasteiger charge is 2.38. The van der Waals surface area contributed by atoms with Gasteiger partial charge in [-0.25, -0.2) is 14.4 Å². The third-order valence-corrected chi connectivity index (χ3v) is 4.03. The van der Waals surface area contributed by atoms with E-state index in [-0.39, 0.29) is 19.6 Å². The molecule has 27 heavy (non-hydrogen) atoms. The number of piperidine rings is 1. The van der Waals surface area contributed by atoms with Gasteiger partial charge in [0.05, 0.1) is 6.04 Å². The Morgan fingerprint density at radius 2 is 1.85 bits per heavy atom. The minimum absolute atomic E-state index is 0.0479. The fourth-order valence-corrected chi connectivity index (χ4v) is 2.80. The first-order valence-corrected chi connectivity index (χ1v) is 8.85. The highest BCUT2D eigenvalue weighted by atomic mass is 16.6. The second kappa shape index (κ2) is 8.75. The monoisotopic (exact) mass is 378 g/mol. The van der Waals surface area contributed by atoms with Gasteiger partial charge in [0.2, 0.25) is 0 Å². The zero-order valence-corrected chi connectivity index (χ0v) is 15.8. The van der Waals surface area contributed by atoms with E-state index in [9.17, 15) is 19.5 Å². The molecule has 1 fully saturated rings. The summed E-state index contributed by atoms with van der Waals surface area (Å²) >= 11 is 0. The van der Waals surface area contributed by atoms with Crippen LogP contribution in [-0.4, -0.2) is 52.4 Å². The van der Waals surface area contributed by atoms with Crippen LogP contribution in [0.4, 0.5) is 9.59 Å². The maximum absolute atomic E-state index is 12.4. The number of hydrogen-bond acceptors (Lipinski definition) is 5. The summed E-state index contributed by atoms with van der Waals surface area (Å²) in [5.74, 6) is -1.09. The lowest BCUT2D eigenvalue weighted by Crippen LogP contribution is -2.57. The number of carbonyl (C=O) groups is 3. The summed E-state index contributed by atoms with van der Waals surface area (Å²) in [6.07, 6.45) is -0.671. The van der Waals surface area contributed by atoms with E-state index in [0.717, 1.165) is 10.5 Å². The van der Waals surface area contributed by atoms with Crippen LogP contribution in [0.25, 0.3) is 0 Å². The van der Waals surface area contributed by atoms with Crippen LogP contribution in [0.3, 0.4) is 0 Å². The zero-order valence-electron chi connectivity index (χ0n) is 15.8. The molecule has 8 nitrogen and oxygen atoms in total. The number of nitrogens with zero attached hydrogens (tertiary/aromatic N) is 1. The largest absolute Gasteiger partial charge is 0.480 e. The Bertz CT molecular complexity index is 671. The van der Waals surface area contributed by atoms with Crippen molar-refractivity contribution in [2.45, 2.75) is 57.9 Å². The minimum atomic E-state index is -1.09. The molecule has 2 rings (SSSR count). The van der Waals surface area contributed by atoms with Crippen LogP contribution in [-0.2, 0) is 20.9 Å². The van der Waals surface area contributed by atoms with Crippen molar-refractivity contribution < 1.29 is 29.0 Å². The molecule has 0 unspecified atom stereocenters. The number of carboxylic acid groups (broad SMARTS) is 1. The van der Waals surface area contributed by atoms with E-state index in [0.29, 0.717) is 6.42 Å². The Hall–Kier alpha value is -2.77. The fraction of sp³-hybridized carbons (Fsp3) is 0.526. The average molecular weight is 378 g/mol. The van der Waals surface area contributed by atoms with Crippen LogP contribution in [0.1, 0.15) is 39.2 Å². The van der Waals surface area contributed by atoms with Crippen LogP contribution < -0.4 is 5.32 Å². The van der Waals surface area contributed by atoms with Gasteiger partial charge in [-0.05, 0) is 39.2 Å². The van der Waals surface area contributed by atoms with Crippen molar-refractivity contribution >= 4 is 18.2 Å². The van der Waals surface area contributed by atoms with Gasteiger partial charge >= 0.3 is 18.2 Å². The summed E-state index contributed by atoms with van der Waals surface area (Å²) in [6.45, 7) is 5.31. The highest BCUT2D eigenvalue weighted by molar-refractivity contribution is 5.80. The second-order valence-electron chi connectivity index (χ2n) is 7.47. The SMILES string of the molecule is CC(C)(C)OC(=O)N1C[C@H](NC(=O)OCc2ccccc2)CC[C@H]1C(=O)O. The predicted octanol–water partition coefficient (Wildman–Crippen LogP) is 2.77. The highest BCUT2D eigenvalue weighted by Crippen LogP contribution is 2.21. The number of alkyl carbamates (subject to hydrolysis) is 1. The van der Waals surface area contributed by atoms with Gasteiger partial charge < -0.3 is 19.9 Å². The zero-order chi connectivity index (χ0) is 20.0. The normalized spacial score (nSPS) is 19.9. The number of carbonyl (C=O) groups excluding carboxylic acids is 2. The van der Waals surface area contributed by atoms with E-state index in [1.165, 1.54) is 0 Å². The topological polar surface area (TPSA) is 105 Å². The number of hydrogen-bond donors (Lipinski definition) is 2. The van der Waals surface area contributed by atoms with Crippen LogP contribution in [0.2, 0.25) is 0 Å². The lowest BCUT2D eigenvalue weighted by atomic mass is 9.99. The maximum atomic E-state index is 12.4. The number of nitrogens with one attached hydrogen (secondary N) is 1. The van der Waals surface area contributed by atoms with Crippen molar-refractivity contribution in [3.63, 3.8) is 0 Å². The molecule has 0 aromatic heterocycles. The standard InChI is InChI=1S/C19H26N2O6/c1-19(2,3)27-18(25)21-11-14(9-10-15(21)16(22)23)20-17(24)26-12-13-7-5-4-6-8-13/h4-8,14-15H,9-12H2,1-3H3,(H,20,24)(H,22,23)/t14-,15+/m1/s1. The van der Waals surface area contributed by atoms with Crippen molar-refractivity contribution in [1.29, 1.82) is 0 Å². The van der Waals surface area contributed by atoms with Crippen molar-refractivity contribution in [1.82, 2.24) is 10.2 Å². The van der Waals surface area contributed by atoms with Crippen molar-refractivity contribution in [2.75, 3.05) is 6.54 Å². The predicted molar refractivity (Wildman–Crippen MR) is 97.1 cm³/mol. The summed E-state index contributed by atoms with van der Waals surface area (Å²) in [7, 11) is 0. The number of amides is 2. The summed E-state index contributed by atoms with van der Waals surface area (Å²) in [5, 5.41) is 12.1. The molecule has 1 aliphatic rings. The number of ether oxygens (including phenoxy) is 2. The first-order valence-electron chi connectivity index (χ1n) is 8.85. The van der Waals surface area contributed by atoms with Gasteiger partial charge in [-0.2, -0.15) is 0 Å². The molecule has 0 saturated carbocycles. The molecule has 2 atom stereocenters. The molecule has 2 N–H and O–H groups in total. The summed E-state index contributed by atoms with van der Waals surface area (Å²) in [5.41, 5.74) is 0.118. The van der Waals surface area contributed by atoms with Gasteiger partial charge in [0.1, 0.15) is 18.2 Å². The molecule has 0 aliphatic carbocycles. The molecule has 0 bridgehead atoms. The summed E-state index contributed by atoms with van der Waals surface area (Å²) < 4.78 is 10.5. The van der Waals surface area contributed by atoms with E-state index >= 15 is 0 Å². The van der Waals surface area contributed by atoms with Crippen molar-refractivity contribution in [3.05, 3.63) is 35.9 Å². The molecule has 1 heterocycles. The molecule has 1 aliphatic heterocycles. The summed E-state index contributed by atoms with van der Waals surface area (Å²) in [6, 6.07) is 7.88. The van der Waals surface area contributed by atoms with Crippen LogP contribution in [0.15, 0.2) is 30.3 Å².